The van der Waals surface area contributed by atoms with Crippen LogP contribution in [0.25, 0.3) is 21.9 Å². The SMILES string of the molecule is CCCN1C(=O)c2cc3ccccc3c(-c3ccccc3)c2C1=O. The molecule has 0 saturated carbocycles. The first-order valence-electron chi connectivity index (χ1n) is 8.19. The van der Waals surface area contributed by atoms with E-state index < -0.39 is 0 Å². The van der Waals surface area contributed by atoms with Crippen LogP contribution >= 0.6 is 0 Å². The van der Waals surface area contributed by atoms with Crippen molar-refractivity contribution in [2.24, 2.45) is 0 Å². The van der Waals surface area contributed by atoms with E-state index in [-0.39, 0.29) is 11.8 Å². The van der Waals surface area contributed by atoms with Crippen LogP contribution in [-0.2, 0) is 0 Å². The Morgan fingerprint density at radius 1 is 0.833 bits per heavy atom. The first-order valence-corrected chi connectivity index (χ1v) is 8.19. The number of benzene rings is 3. The molecule has 0 aliphatic carbocycles. The molecule has 0 spiro atoms. The Morgan fingerprint density at radius 3 is 2.29 bits per heavy atom. The van der Waals surface area contributed by atoms with E-state index in [0.717, 1.165) is 28.3 Å². The van der Waals surface area contributed by atoms with Gasteiger partial charge in [-0.1, -0.05) is 61.5 Å². The van der Waals surface area contributed by atoms with Crippen LogP contribution < -0.4 is 0 Å². The van der Waals surface area contributed by atoms with Crippen LogP contribution in [0.4, 0.5) is 0 Å². The summed E-state index contributed by atoms with van der Waals surface area (Å²) in [6.45, 7) is 2.43. The molecule has 1 heterocycles. The van der Waals surface area contributed by atoms with E-state index in [1.54, 1.807) is 0 Å². The molecular formula is C21H17NO2. The monoisotopic (exact) mass is 315 g/mol. The number of hydrogen-bond acceptors (Lipinski definition) is 2. The van der Waals surface area contributed by atoms with Gasteiger partial charge in [0.25, 0.3) is 11.8 Å². The average molecular weight is 315 g/mol. The lowest BCUT2D eigenvalue weighted by Crippen LogP contribution is -2.30. The molecule has 0 radical (unpaired) electrons. The van der Waals surface area contributed by atoms with Gasteiger partial charge in [0.05, 0.1) is 11.1 Å². The second kappa shape index (κ2) is 5.60. The lowest BCUT2D eigenvalue weighted by molar-refractivity contribution is 0.0654. The zero-order valence-corrected chi connectivity index (χ0v) is 13.5. The van der Waals surface area contributed by atoms with Crippen molar-refractivity contribution in [3.63, 3.8) is 0 Å². The fraction of sp³-hybridized carbons (Fsp3) is 0.143. The molecular weight excluding hydrogens is 298 g/mol. The molecule has 1 aliphatic heterocycles. The standard InChI is InChI=1S/C21H17NO2/c1-2-12-22-20(23)17-13-15-10-6-7-11-16(15)18(19(17)21(22)24)14-8-4-3-5-9-14/h3-11,13H,2,12H2,1H3. The van der Waals surface area contributed by atoms with E-state index in [1.165, 1.54) is 4.90 Å². The van der Waals surface area contributed by atoms with Crippen LogP contribution in [0.1, 0.15) is 34.1 Å². The minimum Gasteiger partial charge on any atom is -0.274 e. The molecule has 2 amide bonds. The highest BCUT2D eigenvalue weighted by Gasteiger charge is 2.38. The number of imide groups is 1. The predicted molar refractivity (Wildman–Crippen MR) is 95.0 cm³/mol. The van der Waals surface area contributed by atoms with E-state index in [4.69, 9.17) is 0 Å². The molecule has 0 saturated heterocycles. The molecule has 0 unspecified atom stereocenters. The maximum absolute atomic E-state index is 12.9. The summed E-state index contributed by atoms with van der Waals surface area (Å²) in [6.07, 6.45) is 0.756. The van der Waals surface area contributed by atoms with Gasteiger partial charge >= 0.3 is 0 Å². The number of carbonyl (C=O) groups excluding carboxylic acids is 2. The lowest BCUT2D eigenvalue weighted by Gasteiger charge is -2.13. The smallest absolute Gasteiger partial charge is 0.262 e. The molecule has 24 heavy (non-hydrogen) atoms. The lowest BCUT2D eigenvalue weighted by atomic mass is 9.90. The average Bonchev–Trinajstić information content (AvgIpc) is 2.86. The second-order valence-electron chi connectivity index (χ2n) is 6.02. The third kappa shape index (κ3) is 2.05. The maximum atomic E-state index is 12.9. The normalized spacial score (nSPS) is 13.6. The summed E-state index contributed by atoms with van der Waals surface area (Å²) < 4.78 is 0. The Morgan fingerprint density at radius 2 is 1.54 bits per heavy atom. The zero-order valence-electron chi connectivity index (χ0n) is 13.5. The highest BCUT2D eigenvalue weighted by Crippen LogP contribution is 2.38. The van der Waals surface area contributed by atoms with E-state index >= 15 is 0 Å². The Hall–Kier alpha value is -2.94. The van der Waals surface area contributed by atoms with Crippen LogP contribution in [-0.4, -0.2) is 23.3 Å². The Bertz CT molecular complexity index is 960. The van der Waals surface area contributed by atoms with Crippen molar-refractivity contribution < 1.29 is 9.59 Å². The van der Waals surface area contributed by atoms with Gasteiger partial charge < -0.3 is 0 Å². The van der Waals surface area contributed by atoms with Crippen molar-refractivity contribution in [2.45, 2.75) is 13.3 Å². The van der Waals surface area contributed by atoms with Crippen molar-refractivity contribution in [3.05, 3.63) is 71.8 Å². The fourth-order valence-electron chi connectivity index (χ4n) is 3.44. The molecule has 0 atom stereocenters. The van der Waals surface area contributed by atoms with E-state index in [2.05, 4.69) is 0 Å². The quantitative estimate of drug-likeness (QED) is 0.667. The summed E-state index contributed by atoms with van der Waals surface area (Å²) in [5.41, 5.74) is 2.88. The first-order chi connectivity index (χ1) is 11.7. The molecule has 118 valence electrons. The summed E-state index contributed by atoms with van der Waals surface area (Å²) in [6, 6.07) is 19.6. The summed E-state index contributed by atoms with van der Waals surface area (Å²) in [5, 5.41) is 1.98. The highest BCUT2D eigenvalue weighted by atomic mass is 16.2. The number of amides is 2. The van der Waals surface area contributed by atoms with Gasteiger partial charge in [-0.05, 0) is 28.8 Å². The van der Waals surface area contributed by atoms with Crippen molar-refractivity contribution in [2.75, 3.05) is 6.54 Å². The Kier molecular flexibility index (Phi) is 3.42. The molecule has 3 nitrogen and oxygen atoms in total. The predicted octanol–water partition coefficient (Wildman–Crippen LogP) is 4.51. The summed E-state index contributed by atoms with van der Waals surface area (Å²) in [5.74, 6) is -0.360. The van der Waals surface area contributed by atoms with Gasteiger partial charge in [0.2, 0.25) is 0 Å². The summed E-state index contributed by atoms with van der Waals surface area (Å²) in [4.78, 5) is 27.0. The van der Waals surface area contributed by atoms with Crippen LogP contribution in [0, 0.1) is 0 Å². The molecule has 0 fully saturated rings. The van der Waals surface area contributed by atoms with Crippen molar-refractivity contribution in [1.29, 1.82) is 0 Å². The molecule has 3 aromatic rings. The van der Waals surface area contributed by atoms with E-state index in [1.807, 2.05) is 67.6 Å². The van der Waals surface area contributed by atoms with Crippen molar-refractivity contribution in [3.8, 4) is 11.1 Å². The van der Waals surface area contributed by atoms with Gasteiger partial charge in [0, 0.05) is 12.1 Å². The summed E-state index contributed by atoms with van der Waals surface area (Å²) >= 11 is 0. The molecule has 0 N–H and O–H groups in total. The van der Waals surface area contributed by atoms with Crippen LogP contribution in [0.2, 0.25) is 0 Å². The van der Waals surface area contributed by atoms with E-state index in [0.29, 0.717) is 17.7 Å². The van der Waals surface area contributed by atoms with Gasteiger partial charge in [0.1, 0.15) is 0 Å². The molecule has 0 aromatic heterocycles. The van der Waals surface area contributed by atoms with Crippen LogP contribution in [0.15, 0.2) is 60.7 Å². The largest absolute Gasteiger partial charge is 0.274 e. The van der Waals surface area contributed by atoms with E-state index in [9.17, 15) is 9.59 Å². The van der Waals surface area contributed by atoms with Gasteiger partial charge in [-0.2, -0.15) is 0 Å². The number of hydrogen-bond donors (Lipinski definition) is 0. The first kappa shape index (κ1) is 14.6. The zero-order chi connectivity index (χ0) is 16.7. The summed E-state index contributed by atoms with van der Waals surface area (Å²) in [7, 11) is 0. The molecule has 0 bridgehead atoms. The Labute approximate surface area is 140 Å². The fourth-order valence-corrected chi connectivity index (χ4v) is 3.44. The second-order valence-corrected chi connectivity index (χ2v) is 6.02. The topological polar surface area (TPSA) is 37.4 Å². The van der Waals surface area contributed by atoms with Gasteiger partial charge in [-0.25, -0.2) is 0 Å². The maximum Gasteiger partial charge on any atom is 0.262 e. The van der Waals surface area contributed by atoms with Crippen LogP contribution in [0.3, 0.4) is 0 Å². The molecule has 3 aromatic carbocycles. The number of rotatable bonds is 3. The van der Waals surface area contributed by atoms with Crippen molar-refractivity contribution >= 4 is 22.6 Å². The van der Waals surface area contributed by atoms with Crippen LogP contribution in [0.5, 0.6) is 0 Å². The number of carbonyl (C=O) groups is 2. The Balaban J connectivity index is 2.08. The molecule has 4 rings (SSSR count). The van der Waals surface area contributed by atoms with Crippen molar-refractivity contribution in [1.82, 2.24) is 4.90 Å². The van der Waals surface area contributed by atoms with Gasteiger partial charge in [-0.3, -0.25) is 14.5 Å². The minimum atomic E-state index is -0.181. The number of nitrogens with zero attached hydrogens (tertiary/aromatic N) is 1. The molecule has 3 heteroatoms. The third-order valence-corrected chi connectivity index (χ3v) is 4.49. The third-order valence-electron chi connectivity index (χ3n) is 4.49. The highest BCUT2D eigenvalue weighted by molar-refractivity contribution is 6.27. The minimum absolute atomic E-state index is 0.179. The number of fused-ring (bicyclic) bond motifs is 2. The molecule has 1 aliphatic rings. The van der Waals surface area contributed by atoms with Gasteiger partial charge in [-0.15, -0.1) is 0 Å². The van der Waals surface area contributed by atoms with Gasteiger partial charge in [0.15, 0.2) is 0 Å².